The van der Waals surface area contributed by atoms with Crippen LogP contribution in [0.1, 0.15) is 0 Å². The van der Waals surface area contributed by atoms with E-state index in [1.165, 1.54) is 0 Å². The molecule has 0 fully saturated rings. The van der Waals surface area contributed by atoms with Gasteiger partial charge in [0.05, 0.1) is 0 Å². The molecule has 1 aromatic carbocycles. The van der Waals surface area contributed by atoms with Gasteiger partial charge in [-0.05, 0) is 10.0 Å². The summed E-state index contributed by atoms with van der Waals surface area (Å²) in [5.74, 6) is 0. The molecule has 0 heterocycles. The molecule has 11 heavy (non-hydrogen) atoms. The fourth-order valence-electron chi connectivity index (χ4n) is 0.429. The van der Waals surface area contributed by atoms with E-state index in [4.69, 9.17) is 38.4 Å². The van der Waals surface area contributed by atoms with E-state index in [0.29, 0.717) is 15.1 Å². The quantitative estimate of drug-likeness (QED) is 0.398. The van der Waals surface area contributed by atoms with Gasteiger partial charge >= 0.3 is 21.8 Å². The molecule has 0 unspecified atom stereocenters. The maximum atomic E-state index is 8.38. The molecule has 0 aromatic heterocycles. The Labute approximate surface area is 89.6 Å². The number of halogens is 3. The summed E-state index contributed by atoms with van der Waals surface area (Å²) in [5.41, 5.74) is 0. The first-order valence-electron chi connectivity index (χ1n) is 2.52. The van der Waals surface area contributed by atoms with Crippen LogP contribution in [0.3, 0.4) is 0 Å². The summed E-state index contributed by atoms with van der Waals surface area (Å²) in [4.78, 5) is 0. The first-order valence-corrected chi connectivity index (χ1v) is 4.86. The zero-order chi connectivity index (χ0) is 8.85. The molecular weight excluding hydrogens is 260 g/mol. The van der Waals surface area contributed by atoms with E-state index in [0.717, 1.165) is 0 Å². The average Bonchev–Trinajstić information content (AvgIpc) is 2.04. The van der Waals surface area contributed by atoms with Gasteiger partial charge in [-0.25, -0.2) is 0 Å². The normalized spacial score (nSPS) is 8.45. The Hall–Kier alpha value is 0.513. The van der Waals surface area contributed by atoms with Gasteiger partial charge in [-0.2, -0.15) is 29.8 Å². The molecule has 0 saturated carbocycles. The molecule has 0 saturated heterocycles. The van der Waals surface area contributed by atoms with Gasteiger partial charge in [-0.3, -0.25) is 0 Å². The van der Waals surface area contributed by atoms with Crippen LogP contribution in [-0.2, 0) is 21.8 Å². The second kappa shape index (κ2) is 6.08. The van der Waals surface area contributed by atoms with Crippen LogP contribution >= 0.6 is 34.8 Å². The molecule has 1 nitrogen and oxygen atoms in total. The van der Waals surface area contributed by atoms with Crippen LogP contribution in [-0.4, -0.2) is 0 Å². The fraction of sp³-hybridized carbons (Fsp3) is 0. The predicted molar refractivity (Wildman–Crippen MR) is 41.0 cm³/mol. The third-order valence-corrected chi connectivity index (χ3v) is 2.04. The summed E-state index contributed by atoms with van der Waals surface area (Å²) in [6.07, 6.45) is 0. The minimum absolute atomic E-state index is 0.125. The fourth-order valence-corrected chi connectivity index (χ4v) is 0.918. The summed E-state index contributed by atoms with van der Waals surface area (Å²) in [6, 6.07) is 5.95. The minimum atomic E-state index is 0.125. The molecule has 0 aliphatic rings. The Kier molecular flexibility index (Phi) is 6.36. The van der Waals surface area contributed by atoms with E-state index in [2.05, 4.69) is 6.07 Å². The van der Waals surface area contributed by atoms with E-state index < -0.39 is 0 Å². The molecule has 1 rings (SSSR count). The van der Waals surface area contributed by atoms with Crippen LogP contribution in [0, 0.1) is 6.07 Å². The van der Waals surface area contributed by atoms with Gasteiger partial charge in [0.25, 0.3) is 0 Å². The predicted octanol–water partition coefficient (Wildman–Crippen LogP) is 3.33. The number of hydrogen-bond donors (Lipinski definition) is 0. The summed E-state index contributed by atoms with van der Waals surface area (Å²) < 4.78 is 8.38. The van der Waals surface area contributed by atoms with Crippen molar-refractivity contribution in [2.24, 2.45) is 0 Å². The summed E-state index contributed by atoms with van der Waals surface area (Å²) in [6.45, 7) is 0. The van der Waals surface area contributed by atoms with Crippen molar-refractivity contribution in [3.8, 4) is 0 Å². The Morgan fingerprint density at radius 1 is 1.27 bits per heavy atom. The molecule has 0 bridgehead atoms. The van der Waals surface area contributed by atoms with Crippen molar-refractivity contribution in [2.75, 3.05) is 0 Å². The molecule has 0 amide bonds. The van der Waals surface area contributed by atoms with Gasteiger partial charge < -0.3 is 0 Å². The van der Waals surface area contributed by atoms with Crippen molar-refractivity contribution >= 4 is 34.8 Å². The van der Waals surface area contributed by atoms with Crippen LogP contribution in [0.15, 0.2) is 12.1 Å². The molecule has 5 heteroatoms. The first kappa shape index (κ1) is 11.5. The Balaban J connectivity index is 0.000000461. The molecule has 0 atom stereocenters. The second-order valence-electron chi connectivity index (χ2n) is 1.45. The van der Waals surface area contributed by atoms with Crippen LogP contribution in [0.5, 0.6) is 0 Å². The van der Waals surface area contributed by atoms with Crippen molar-refractivity contribution in [3.63, 3.8) is 0 Å². The van der Waals surface area contributed by atoms with E-state index >= 15 is 0 Å². The van der Waals surface area contributed by atoms with Crippen LogP contribution < -0.4 is 0 Å². The summed E-state index contributed by atoms with van der Waals surface area (Å²) in [5, 5.41) is 1.19. The van der Waals surface area contributed by atoms with E-state index in [1.807, 2.05) is 0 Å². The van der Waals surface area contributed by atoms with Gasteiger partial charge in [0.1, 0.15) is 0 Å². The molecule has 0 N–H and O–H groups in total. The van der Waals surface area contributed by atoms with E-state index in [9.17, 15) is 0 Å². The SMILES string of the molecule is Clc1[c-]ccc(Cl)c1Cl.[O]=[Zn]. The average molecular weight is 262 g/mol. The van der Waals surface area contributed by atoms with Gasteiger partial charge in [-0.15, -0.1) is 23.2 Å². The maximum absolute atomic E-state index is 8.38. The van der Waals surface area contributed by atoms with Gasteiger partial charge in [0.15, 0.2) is 0 Å². The third-order valence-electron chi connectivity index (χ3n) is 0.842. The van der Waals surface area contributed by atoms with Crippen LogP contribution in [0.4, 0.5) is 0 Å². The Bertz CT molecular complexity index is 221. The van der Waals surface area contributed by atoms with Crippen molar-refractivity contribution in [1.29, 1.82) is 0 Å². The number of rotatable bonds is 0. The van der Waals surface area contributed by atoms with Gasteiger partial charge in [0.2, 0.25) is 0 Å². The molecule has 0 aliphatic heterocycles. The Morgan fingerprint density at radius 2 is 1.82 bits per heavy atom. The Morgan fingerprint density at radius 3 is 2.18 bits per heavy atom. The molecule has 0 radical (unpaired) electrons. The number of benzene rings is 1. The topological polar surface area (TPSA) is 17.1 Å². The number of hydrogen-bond acceptors (Lipinski definition) is 1. The third kappa shape index (κ3) is 3.62. The summed E-state index contributed by atoms with van der Waals surface area (Å²) >= 11 is 16.8. The molecule has 0 spiro atoms. The van der Waals surface area contributed by atoms with E-state index in [1.54, 1.807) is 12.1 Å². The monoisotopic (exact) mass is 259 g/mol. The molecular formula is C6H2Cl3OZn-. The van der Waals surface area contributed by atoms with Crippen molar-refractivity contribution in [2.45, 2.75) is 0 Å². The second-order valence-corrected chi connectivity index (χ2v) is 2.62. The molecule has 0 aliphatic carbocycles. The van der Waals surface area contributed by atoms with Crippen molar-refractivity contribution in [3.05, 3.63) is 33.3 Å². The zero-order valence-electron chi connectivity index (χ0n) is 5.40. The van der Waals surface area contributed by atoms with Crippen LogP contribution in [0.2, 0.25) is 15.1 Å². The zero-order valence-corrected chi connectivity index (χ0v) is 10.6. The van der Waals surface area contributed by atoms with Gasteiger partial charge in [-0.1, -0.05) is 5.02 Å². The van der Waals surface area contributed by atoms with Crippen LogP contribution in [0.25, 0.3) is 0 Å². The first-order chi connectivity index (χ1) is 5.22. The van der Waals surface area contributed by atoms with Gasteiger partial charge in [0, 0.05) is 0 Å². The summed E-state index contributed by atoms with van der Waals surface area (Å²) in [7, 11) is 0. The van der Waals surface area contributed by atoms with Crippen molar-refractivity contribution in [1.82, 2.24) is 0 Å². The standard InChI is InChI=1S/C6H2Cl3.O.Zn/c7-4-2-1-3-5(8)6(4)9;;/h1-2H;;/q-1;;. The molecule has 56 valence electrons. The van der Waals surface area contributed by atoms with E-state index in [-0.39, 0.29) is 18.3 Å². The van der Waals surface area contributed by atoms with Crippen molar-refractivity contribution < 1.29 is 21.8 Å². The molecule has 1 aromatic rings.